The van der Waals surface area contributed by atoms with Crippen LogP contribution in [0.4, 0.5) is 4.39 Å². The lowest BCUT2D eigenvalue weighted by Crippen LogP contribution is -2.47. The predicted octanol–water partition coefficient (Wildman–Crippen LogP) is 0.839. The Morgan fingerprint density at radius 3 is 2.71 bits per heavy atom. The van der Waals surface area contributed by atoms with Gasteiger partial charge >= 0.3 is 7.60 Å². The van der Waals surface area contributed by atoms with Gasteiger partial charge in [-0.1, -0.05) is 12.2 Å². The van der Waals surface area contributed by atoms with Crippen molar-refractivity contribution in [3.05, 3.63) is 36.7 Å². The molecule has 0 aromatic heterocycles. The molecule has 78 valence electrons. The Morgan fingerprint density at radius 1 is 1.71 bits per heavy atom. The van der Waals surface area contributed by atoms with Crippen LogP contribution in [0.25, 0.3) is 0 Å². The largest absolute Gasteiger partial charge is 0.334 e. The van der Waals surface area contributed by atoms with Crippen LogP contribution >= 0.6 is 7.60 Å². The molecule has 2 atom stereocenters. The molecule has 0 spiro atoms. The topological polar surface area (TPSA) is 83.6 Å². The quantitative estimate of drug-likeness (QED) is 0.474. The first-order valence-corrected chi connectivity index (χ1v) is 5.52. The molecule has 0 heterocycles. The molecule has 0 aromatic carbocycles. The fourth-order valence-electron chi connectivity index (χ4n) is 1.25. The van der Waals surface area contributed by atoms with Gasteiger partial charge in [-0.2, -0.15) is 0 Å². The lowest BCUT2D eigenvalue weighted by atomic mass is 9.92. The Kier molecular flexibility index (Phi) is 2.78. The maximum absolute atomic E-state index is 12.8. The number of halogens is 1. The number of hydrogen-bond acceptors (Lipinski definition) is 2. The van der Waals surface area contributed by atoms with Crippen LogP contribution in [0.2, 0.25) is 0 Å². The Balaban J connectivity index is 3.19. The molecule has 2 unspecified atom stereocenters. The molecule has 0 fully saturated rings. The molecule has 4 N–H and O–H groups in total. The van der Waals surface area contributed by atoms with Crippen LogP contribution in [0.3, 0.4) is 0 Å². The van der Waals surface area contributed by atoms with Gasteiger partial charge in [0, 0.05) is 0 Å². The van der Waals surface area contributed by atoms with E-state index >= 15 is 0 Å². The van der Waals surface area contributed by atoms with Crippen molar-refractivity contribution >= 4 is 7.60 Å². The highest BCUT2D eigenvalue weighted by Crippen LogP contribution is 2.49. The minimum atomic E-state index is -4.48. The molecule has 1 rings (SSSR count). The van der Waals surface area contributed by atoms with Gasteiger partial charge in [-0.05, 0) is 12.2 Å². The summed E-state index contributed by atoms with van der Waals surface area (Å²) >= 11 is 0. The number of allylic oxidation sites excluding steroid dienone is 2. The molecule has 1 aliphatic rings. The summed E-state index contributed by atoms with van der Waals surface area (Å²) in [6, 6.07) is 0. The third-order valence-electron chi connectivity index (χ3n) is 2.08. The third kappa shape index (κ3) is 2.01. The van der Waals surface area contributed by atoms with Crippen LogP contribution in [0.15, 0.2) is 36.7 Å². The van der Waals surface area contributed by atoms with Crippen molar-refractivity contribution < 1.29 is 18.7 Å². The molecule has 0 saturated heterocycles. The Labute approximate surface area is 80.8 Å². The molecule has 4 nitrogen and oxygen atoms in total. The van der Waals surface area contributed by atoms with Gasteiger partial charge in [-0.25, -0.2) is 4.39 Å². The minimum Gasteiger partial charge on any atom is -0.324 e. The molecule has 0 bridgehead atoms. The van der Waals surface area contributed by atoms with E-state index in [4.69, 9.17) is 15.5 Å². The summed E-state index contributed by atoms with van der Waals surface area (Å²) in [5.74, 6) is -0.707. The van der Waals surface area contributed by atoms with Crippen molar-refractivity contribution in [1.82, 2.24) is 0 Å². The normalized spacial score (nSPS) is 32.6. The van der Waals surface area contributed by atoms with Crippen LogP contribution in [0.1, 0.15) is 0 Å². The first-order chi connectivity index (χ1) is 6.29. The summed E-state index contributed by atoms with van der Waals surface area (Å²) in [5, 5.41) is 0. The number of hydrogen-bond donors (Lipinski definition) is 3. The van der Waals surface area contributed by atoms with Crippen molar-refractivity contribution in [3.8, 4) is 0 Å². The van der Waals surface area contributed by atoms with E-state index < -0.39 is 24.6 Å². The lowest BCUT2D eigenvalue weighted by molar-refractivity contribution is 0.352. The summed E-state index contributed by atoms with van der Waals surface area (Å²) in [6.45, 7) is 3.37. The number of rotatable bonds is 2. The molecular formula is C8H11FNO3P. The maximum atomic E-state index is 12.8. The lowest BCUT2D eigenvalue weighted by Gasteiger charge is -2.32. The van der Waals surface area contributed by atoms with E-state index in [2.05, 4.69) is 6.58 Å². The molecule has 1 aliphatic carbocycles. The summed E-state index contributed by atoms with van der Waals surface area (Å²) in [7, 11) is -4.48. The van der Waals surface area contributed by atoms with Gasteiger partial charge in [0.25, 0.3) is 0 Å². The second-order valence-electron chi connectivity index (χ2n) is 3.12. The number of nitrogens with two attached hydrogens (primary N) is 1. The zero-order valence-electron chi connectivity index (χ0n) is 7.30. The van der Waals surface area contributed by atoms with Gasteiger partial charge in [0.2, 0.25) is 0 Å². The first kappa shape index (κ1) is 11.3. The molecule has 6 heteroatoms. The molecule has 0 amide bonds. The summed E-state index contributed by atoms with van der Waals surface area (Å²) in [6.07, 6.45) is 4.27. The average Bonchev–Trinajstić information content (AvgIpc) is 2.08. The van der Waals surface area contributed by atoms with E-state index in [-0.39, 0.29) is 0 Å². The zero-order chi connectivity index (χ0) is 11.0. The summed E-state index contributed by atoms with van der Waals surface area (Å²) < 4.78 is 23.8. The van der Waals surface area contributed by atoms with Crippen molar-refractivity contribution in [2.75, 3.05) is 0 Å². The van der Waals surface area contributed by atoms with Crippen molar-refractivity contribution in [2.45, 2.75) is 11.2 Å². The Morgan fingerprint density at radius 2 is 2.29 bits per heavy atom. The second-order valence-corrected chi connectivity index (χ2v) is 4.86. The van der Waals surface area contributed by atoms with Gasteiger partial charge in [0.05, 0.1) is 5.54 Å². The standard InChI is InChI=1S/C8H11FNO3P/c1-2-8(10)4-3-6(9)5-7(8)14(11,12)13/h2-5,7H,1,10H2,(H2,11,12,13). The van der Waals surface area contributed by atoms with Crippen LogP contribution in [-0.2, 0) is 4.57 Å². The van der Waals surface area contributed by atoms with E-state index in [1.807, 2.05) is 0 Å². The Bertz CT molecular complexity index is 360. The van der Waals surface area contributed by atoms with Crippen LogP contribution in [0, 0.1) is 0 Å². The smallest absolute Gasteiger partial charge is 0.324 e. The van der Waals surface area contributed by atoms with E-state index in [1.165, 1.54) is 12.2 Å². The molecule has 0 aliphatic heterocycles. The van der Waals surface area contributed by atoms with Crippen molar-refractivity contribution in [3.63, 3.8) is 0 Å². The van der Waals surface area contributed by atoms with Gasteiger partial charge in [0.1, 0.15) is 11.5 Å². The third-order valence-corrected chi connectivity index (χ3v) is 3.40. The van der Waals surface area contributed by atoms with E-state index in [0.29, 0.717) is 0 Å². The van der Waals surface area contributed by atoms with E-state index in [0.717, 1.165) is 12.2 Å². The maximum Gasteiger partial charge on any atom is 0.334 e. The molecule has 14 heavy (non-hydrogen) atoms. The summed E-state index contributed by atoms with van der Waals surface area (Å²) in [4.78, 5) is 17.9. The second kappa shape index (κ2) is 3.44. The highest BCUT2D eigenvalue weighted by atomic mass is 31.2. The summed E-state index contributed by atoms with van der Waals surface area (Å²) in [5.41, 5.74) is 2.86. The average molecular weight is 219 g/mol. The van der Waals surface area contributed by atoms with Crippen LogP contribution in [-0.4, -0.2) is 21.0 Å². The monoisotopic (exact) mass is 219 g/mol. The molecule has 0 aromatic rings. The molecule has 0 radical (unpaired) electrons. The van der Waals surface area contributed by atoms with E-state index in [9.17, 15) is 8.96 Å². The van der Waals surface area contributed by atoms with Crippen molar-refractivity contribution in [1.29, 1.82) is 0 Å². The Hall–Kier alpha value is -0.740. The highest BCUT2D eigenvalue weighted by molar-refractivity contribution is 7.53. The molecular weight excluding hydrogens is 208 g/mol. The fraction of sp³-hybridized carbons (Fsp3) is 0.250. The molecule has 0 saturated carbocycles. The van der Waals surface area contributed by atoms with Gasteiger partial charge in [0.15, 0.2) is 0 Å². The highest BCUT2D eigenvalue weighted by Gasteiger charge is 2.42. The predicted molar refractivity (Wildman–Crippen MR) is 51.3 cm³/mol. The SMILES string of the molecule is C=CC1(N)C=CC(F)=CC1P(=O)(O)O. The van der Waals surface area contributed by atoms with Gasteiger partial charge in [-0.15, -0.1) is 6.58 Å². The minimum absolute atomic E-state index is 0.707. The van der Waals surface area contributed by atoms with E-state index in [1.54, 1.807) is 0 Å². The first-order valence-electron chi connectivity index (χ1n) is 3.84. The zero-order valence-corrected chi connectivity index (χ0v) is 8.19. The van der Waals surface area contributed by atoms with Gasteiger partial charge in [-0.3, -0.25) is 4.57 Å². The van der Waals surface area contributed by atoms with Gasteiger partial charge < -0.3 is 15.5 Å². The van der Waals surface area contributed by atoms with Crippen LogP contribution < -0.4 is 5.73 Å². The fourth-order valence-corrected chi connectivity index (χ4v) is 2.36. The van der Waals surface area contributed by atoms with Crippen molar-refractivity contribution in [2.24, 2.45) is 5.73 Å². The van der Waals surface area contributed by atoms with Crippen LogP contribution in [0.5, 0.6) is 0 Å².